The number of benzene rings is 1. The van der Waals surface area contributed by atoms with Gasteiger partial charge in [0.1, 0.15) is 5.82 Å². The maximum absolute atomic E-state index is 12.9. The fourth-order valence-electron chi connectivity index (χ4n) is 0.903. The molecule has 0 fully saturated rings. The van der Waals surface area contributed by atoms with Crippen LogP contribution in [0.2, 0.25) is 0 Å². The van der Waals surface area contributed by atoms with Gasteiger partial charge in [-0.3, -0.25) is 5.32 Å². The first-order valence-electron chi connectivity index (χ1n) is 3.47. The standard InChI is InChI=1S/C8H7BrFNO2/c1-4-6(11-8(12)13)3-2-5(10)7(4)9/h2-3,11H,1H3,(H,12,13). The Balaban J connectivity index is 3.10. The number of carboxylic acid groups (broad SMARTS) is 1. The zero-order chi connectivity index (χ0) is 10.0. The molecule has 0 spiro atoms. The van der Waals surface area contributed by atoms with Crippen molar-refractivity contribution < 1.29 is 14.3 Å². The number of amides is 1. The minimum absolute atomic E-state index is 0.277. The highest BCUT2D eigenvalue weighted by atomic mass is 79.9. The van der Waals surface area contributed by atoms with Gasteiger partial charge in [-0.15, -0.1) is 0 Å². The van der Waals surface area contributed by atoms with Crippen LogP contribution in [0.15, 0.2) is 16.6 Å². The summed E-state index contributed by atoms with van der Waals surface area (Å²) < 4.78 is 13.2. The fraction of sp³-hybridized carbons (Fsp3) is 0.125. The summed E-state index contributed by atoms with van der Waals surface area (Å²) in [7, 11) is 0. The first kappa shape index (κ1) is 9.98. The molecule has 0 aliphatic carbocycles. The van der Waals surface area contributed by atoms with E-state index >= 15 is 0 Å². The van der Waals surface area contributed by atoms with Crippen molar-refractivity contribution in [3.05, 3.63) is 28.0 Å². The van der Waals surface area contributed by atoms with Crippen LogP contribution in [-0.2, 0) is 0 Å². The van der Waals surface area contributed by atoms with E-state index in [2.05, 4.69) is 21.2 Å². The Morgan fingerprint density at radius 2 is 2.23 bits per heavy atom. The highest BCUT2D eigenvalue weighted by Gasteiger charge is 2.08. The van der Waals surface area contributed by atoms with Crippen LogP contribution in [0.25, 0.3) is 0 Å². The first-order valence-corrected chi connectivity index (χ1v) is 4.26. The number of hydrogen-bond acceptors (Lipinski definition) is 1. The van der Waals surface area contributed by atoms with Gasteiger partial charge in [-0.2, -0.15) is 0 Å². The molecule has 2 N–H and O–H groups in total. The topological polar surface area (TPSA) is 49.3 Å². The Labute approximate surface area is 82.7 Å². The highest BCUT2D eigenvalue weighted by molar-refractivity contribution is 9.10. The summed E-state index contributed by atoms with van der Waals surface area (Å²) in [5, 5.41) is 10.6. The molecule has 1 aromatic rings. The smallest absolute Gasteiger partial charge is 0.409 e. The summed E-state index contributed by atoms with van der Waals surface area (Å²) in [6, 6.07) is 2.58. The van der Waals surface area contributed by atoms with Gasteiger partial charge in [0.25, 0.3) is 0 Å². The number of halogens is 2. The van der Waals surface area contributed by atoms with Crippen LogP contribution >= 0.6 is 15.9 Å². The van der Waals surface area contributed by atoms with E-state index in [4.69, 9.17) is 5.11 Å². The molecule has 0 radical (unpaired) electrons. The van der Waals surface area contributed by atoms with Crippen molar-refractivity contribution in [2.24, 2.45) is 0 Å². The summed E-state index contributed by atoms with van der Waals surface area (Å²) in [5.74, 6) is -0.409. The average molecular weight is 248 g/mol. The second kappa shape index (κ2) is 3.74. The summed E-state index contributed by atoms with van der Waals surface area (Å²) in [6.07, 6.45) is -1.17. The summed E-state index contributed by atoms with van der Waals surface area (Å²) in [4.78, 5) is 10.3. The second-order valence-electron chi connectivity index (χ2n) is 2.46. The SMILES string of the molecule is Cc1c(NC(=O)O)ccc(F)c1Br. The Hall–Kier alpha value is -1.10. The van der Waals surface area contributed by atoms with Crippen LogP contribution in [0.5, 0.6) is 0 Å². The monoisotopic (exact) mass is 247 g/mol. The summed E-state index contributed by atoms with van der Waals surface area (Å²) >= 11 is 3.01. The minimum atomic E-state index is -1.17. The van der Waals surface area contributed by atoms with Crippen molar-refractivity contribution in [1.29, 1.82) is 0 Å². The number of anilines is 1. The van der Waals surface area contributed by atoms with E-state index in [1.165, 1.54) is 12.1 Å². The molecule has 13 heavy (non-hydrogen) atoms. The van der Waals surface area contributed by atoms with E-state index in [9.17, 15) is 9.18 Å². The van der Waals surface area contributed by atoms with Crippen LogP contribution in [0.1, 0.15) is 5.56 Å². The Kier molecular flexibility index (Phi) is 2.87. The van der Waals surface area contributed by atoms with E-state index in [1.54, 1.807) is 6.92 Å². The lowest BCUT2D eigenvalue weighted by atomic mass is 10.2. The summed E-state index contributed by atoms with van der Waals surface area (Å²) in [5.41, 5.74) is 0.906. The van der Waals surface area contributed by atoms with Gasteiger partial charge in [0.15, 0.2) is 0 Å². The molecule has 1 amide bonds. The van der Waals surface area contributed by atoms with Crippen LogP contribution in [0.3, 0.4) is 0 Å². The molecule has 0 aliphatic rings. The molecule has 0 saturated carbocycles. The molecule has 0 atom stereocenters. The van der Waals surface area contributed by atoms with Crippen molar-refractivity contribution >= 4 is 27.7 Å². The molecule has 1 aromatic carbocycles. The van der Waals surface area contributed by atoms with Gasteiger partial charge in [0.2, 0.25) is 0 Å². The predicted molar refractivity (Wildman–Crippen MR) is 50.5 cm³/mol. The maximum atomic E-state index is 12.9. The maximum Gasteiger partial charge on any atom is 0.409 e. The third kappa shape index (κ3) is 2.18. The number of carbonyl (C=O) groups is 1. The summed E-state index contributed by atoms with van der Waals surface area (Å²) in [6.45, 7) is 1.62. The number of nitrogens with one attached hydrogen (secondary N) is 1. The molecule has 0 saturated heterocycles. The lowest BCUT2D eigenvalue weighted by Gasteiger charge is -2.07. The average Bonchev–Trinajstić information content (AvgIpc) is 2.06. The van der Waals surface area contributed by atoms with Gasteiger partial charge in [0.05, 0.1) is 4.47 Å². The first-order chi connectivity index (χ1) is 6.02. The second-order valence-corrected chi connectivity index (χ2v) is 3.26. The third-order valence-electron chi connectivity index (χ3n) is 1.58. The Morgan fingerprint density at radius 3 is 2.77 bits per heavy atom. The molecule has 0 heterocycles. The molecule has 0 aliphatic heterocycles. The predicted octanol–water partition coefficient (Wildman–Crippen LogP) is 2.99. The van der Waals surface area contributed by atoms with Crippen LogP contribution in [0, 0.1) is 12.7 Å². The lowest BCUT2D eigenvalue weighted by Crippen LogP contribution is -2.08. The Morgan fingerprint density at radius 1 is 1.62 bits per heavy atom. The molecular formula is C8H7BrFNO2. The van der Waals surface area contributed by atoms with E-state index in [0.717, 1.165) is 0 Å². The van der Waals surface area contributed by atoms with Crippen molar-refractivity contribution in [2.45, 2.75) is 6.92 Å². The van der Waals surface area contributed by atoms with E-state index in [1.807, 2.05) is 0 Å². The van der Waals surface area contributed by atoms with E-state index in [-0.39, 0.29) is 4.47 Å². The molecular weight excluding hydrogens is 241 g/mol. The molecule has 70 valence electrons. The molecule has 0 aromatic heterocycles. The fourth-order valence-corrected chi connectivity index (χ4v) is 1.25. The zero-order valence-electron chi connectivity index (χ0n) is 6.77. The van der Waals surface area contributed by atoms with Gasteiger partial charge < -0.3 is 5.11 Å². The van der Waals surface area contributed by atoms with Crippen molar-refractivity contribution in [3.8, 4) is 0 Å². The lowest BCUT2D eigenvalue weighted by molar-refractivity contribution is 0.209. The van der Waals surface area contributed by atoms with Crippen molar-refractivity contribution in [3.63, 3.8) is 0 Å². The van der Waals surface area contributed by atoms with Crippen molar-refractivity contribution in [1.82, 2.24) is 0 Å². The van der Waals surface area contributed by atoms with Gasteiger partial charge in [-0.05, 0) is 40.5 Å². The number of rotatable bonds is 1. The van der Waals surface area contributed by atoms with Crippen molar-refractivity contribution in [2.75, 3.05) is 5.32 Å². The normalized spacial score (nSPS) is 9.77. The zero-order valence-corrected chi connectivity index (χ0v) is 8.35. The molecule has 3 nitrogen and oxygen atoms in total. The van der Waals surface area contributed by atoms with Crippen LogP contribution in [0.4, 0.5) is 14.9 Å². The van der Waals surface area contributed by atoms with E-state index in [0.29, 0.717) is 11.3 Å². The molecule has 5 heteroatoms. The highest BCUT2D eigenvalue weighted by Crippen LogP contribution is 2.26. The van der Waals surface area contributed by atoms with Crippen LogP contribution in [-0.4, -0.2) is 11.2 Å². The van der Waals surface area contributed by atoms with E-state index < -0.39 is 11.9 Å². The van der Waals surface area contributed by atoms with Gasteiger partial charge in [0, 0.05) is 5.69 Å². The number of hydrogen-bond donors (Lipinski definition) is 2. The molecule has 1 rings (SSSR count). The molecule has 0 unspecified atom stereocenters. The minimum Gasteiger partial charge on any atom is -0.465 e. The largest absolute Gasteiger partial charge is 0.465 e. The van der Waals surface area contributed by atoms with Crippen LogP contribution < -0.4 is 5.32 Å². The molecule has 0 bridgehead atoms. The van der Waals surface area contributed by atoms with Gasteiger partial charge >= 0.3 is 6.09 Å². The van der Waals surface area contributed by atoms with Gasteiger partial charge in [-0.1, -0.05) is 0 Å². The third-order valence-corrected chi connectivity index (χ3v) is 2.55. The Bertz CT molecular complexity index is 354. The van der Waals surface area contributed by atoms with Gasteiger partial charge in [-0.25, -0.2) is 9.18 Å². The quantitative estimate of drug-likeness (QED) is 0.802.